The van der Waals surface area contributed by atoms with Crippen LogP contribution in [0.5, 0.6) is 11.5 Å². The molecule has 104 valence electrons. The largest absolute Gasteiger partial charge is 0.454 e. The molecule has 2 aliphatic rings. The molecule has 1 N–H and O–H groups in total. The summed E-state index contributed by atoms with van der Waals surface area (Å²) in [6.45, 7) is 7.08. The Kier molecular flexibility index (Phi) is 3.89. The molecule has 4 nitrogen and oxygen atoms in total. The van der Waals surface area contributed by atoms with Crippen LogP contribution in [0.3, 0.4) is 0 Å². The van der Waals surface area contributed by atoms with Gasteiger partial charge in [0.25, 0.3) is 0 Å². The molecule has 0 spiro atoms. The number of fused-ring (bicyclic) bond motifs is 1. The summed E-state index contributed by atoms with van der Waals surface area (Å²) in [6.07, 6.45) is 2.43. The van der Waals surface area contributed by atoms with Crippen LogP contribution < -0.4 is 14.8 Å². The van der Waals surface area contributed by atoms with Gasteiger partial charge in [-0.05, 0) is 57.1 Å². The van der Waals surface area contributed by atoms with E-state index in [0.29, 0.717) is 12.8 Å². The molecule has 1 saturated heterocycles. The number of hydrogen-bond acceptors (Lipinski definition) is 4. The van der Waals surface area contributed by atoms with E-state index in [0.717, 1.165) is 37.7 Å². The third kappa shape index (κ3) is 3.01. The molecule has 0 aromatic heterocycles. The lowest BCUT2D eigenvalue weighted by molar-refractivity contribution is 0.172. The van der Waals surface area contributed by atoms with Crippen molar-refractivity contribution in [2.75, 3.05) is 26.4 Å². The Morgan fingerprint density at radius 3 is 3.11 bits per heavy atom. The van der Waals surface area contributed by atoms with Crippen LogP contribution in [0.25, 0.3) is 0 Å². The van der Waals surface area contributed by atoms with E-state index in [4.69, 9.17) is 9.47 Å². The van der Waals surface area contributed by atoms with E-state index in [1.54, 1.807) is 0 Å². The molecule has 3 rings (SSSR count). The smallest absolute Gasteiger partial charge is 0.231 e. The molecule has 1 aromatic rings. The summed E-state index contributed by atoms with van der Waals surface area (Å²) in [7, 11) is 0. The van der Waals surface area contributed by atoms with Gasteiger partial charge in [-0.25, -0.2) is 0 Å². The molecule has 1 fully saturated rings. The molecule has 0 amide bonds. The van der Waals surface area contributed by atoms with E-state index in [1.165, 1.54) is 18.4 Å². The van der Waals surface area contributed by atoms with E-state index in [2.05, 4.69) is 29.3 Å². The maximum Gasteiger partial charge on any atom is 0.231 e. The van der Waals surface area contributed by atoms with Gasteiger partial charge in [-0.2, -0.15) is 0 Å². The van der Waals surface area contributed by atoms with Crippen LogP contribution >= 0.6 is 0 Å². The fraction of sp³-hybridized carbons (Fsp3) is 0.600. The summed E-state index contributed by atoms with van der Waals surface area (Å²) < 4.78 is 10.8. The Labute approximate surface area is 114 Å². The minimum Gasteiger partial charge on any atom is -0.454 e. The van der Waals surface area contributed by atoms with Crippen molar-refractivity contribution in [2.45, 2.75) is 32.4 Å². The van der Waals surface area contributed by atoms with Gasteiger partial charge >= 0.3 is 0 Å². The zero-order chi connectivity index (χ0) is 13.1. The normalized spacial score (nSPS) is 23.9. The van der Waals surface area contributed by atoms with Gasteiger partial charge in [0.1, 0.15) is 0 Å². The molecule has 4 heteroatoms. The van der Waals surface area contributed by atoms with Gasteiger partial charge in [0.15, 0.2) is 11.5 Å². The fourth-order valence-electron chi connectivity index (χ4n) is 2.75. The van der Waals surface area contributed by atoms with Crippen LogP contribution in [0.2, 0.25) is 0 Å². The molecule has 19 heavy (non-hydrogen) atoms. The highest BCUT2D eigenvalue weighted by molar-refractivity contribution is 5.44. The first-order valence-electron chi connectivity index (χ1n) is 7.16. The summed E-state index contributed by atoms with van der Waals surface area (Å²) in [5, 5.41) is 3.47. The number of ether oxygens (including phenoxy) is 2. The van der Waals surface area contributed by atoms with Crippen molar-refractivity contribution in [1.29, 1.82) is 0 Å². The minimum absolute atomic E-state index is 0.352. The summed E-state index contributed by atoms with van der Waals surface area (Å²) in [5.74, 6) is 1.76. The molecule has 0 saturated carbocycles. The second kappa shape index (κ2) is 5.80. The molecule has 1 aromatic carbocycles. The second-order valence-electron chi connectivity index (χ2n) is 5.40. The second-order valence-corrected chi connectivity index (χ2v) is 5.40. The molecule has 1 unspecified atom stereocenters. The molecule has 0 bridgehead atoms. The van der Waals surface area contributed by atoms with Crippen molar-refractivity contribution in [3.8, 4) is 11.5 Å². The zero-order valence-corrected chi connectivity index (χ0v) is 11.5. The SMILES string of the molecule is CC1CCNCCCN1Cc1ccc2c(c1)OCO2. The van der Waals surface area contributed by atoms with Crippen LogP contribution in [-0.4, -0.2) is 37.4 Å². The number of rotatable bonds is 2. The van der Waals surface area contributed by atoms with Gasteiger partial charge in [0.2, 0.25) is 6.79 Å². The predicted molar refractivity (Wildman–Crippen MR) is 74.5 cm³/mol. The summed E-state index contributed by atoms with van der Waals surface area (Å²) in [4.78, 5) is 2.57. The van der Waals surface area contributed by atoms with Crippen molar-refractivity contribution in [2.24, 2.45) is 0 Å². The van der Waals surface area contributed by atoms with Crippen molar-refractivity contribution < 1.29 is 9.47 Å². The summed E-state index contributed by atoms with van der Waals surface area (Å²) >= 11 is 0. The molecular formula is C15H22N2O2. The lowest BCUT2D eigenvalue weighted by Gasteiger charge is -2.31. The highest BCUT2D eigenvalue weighted by Gasteiger charge is 2.18. The number of nitrogens with one attached hydrogen (secondary N) is 1. The van der Waals surface area contributed by atoms with Crippen LogP contribution in [0.15, 0.2) is 18.2 Å². The van der Waals surface area contributed by atoms with Crippen molar-refractivity contribution in [1.82, 2.24) is 10.2 Å². The monoisotopic (exact) mass is 262 g/mol. The maximum absolute atomic E-state index is 5.45. The first-order chi connectivity index (χ1) is 9.33. The Hall–Kier alpha value is -1.26. The predicted octanol–water partition coefficient (Wildman–Crippen LogP) is 1.99. The third-order valence-corrected chi connectivity index (χ3v) is 3.98. The van der Waals surface area contributed by atoms with Crippen molar-refractivity contribution >= 4 is 0 Å². The molecule has 0 aliphatic carbocycles. The van der Waals surface area contributed by atoms with Crippen LogP contribution in [0.4, 0.5) is 0 Å². The van der Waals surface area contributed by atoms with Gasteiger partial charge in [0, 0.05) is 12.6 Å². The lowest BCUT2D eigenvalue weighted by Crippen LogP contribution is -2.39. The average molecular weight is 262 g/mol. The number of benzene rings is 1. The highest BCUT2D eigenvalue weighted by Crippen LogP contribution is 2.33. The standard InChI is InChI=1S/C15H22N2O2/c1-12-5-7-16-6-2-8-17(12)10-13-3-4-14-15(9-13)19-11-18-14/h3-4,9,12,16H,2,5-8,10-11H2,1H3. The Bertz CT molecular complexity index is 436. The average Bonchev–Trinajstić information content (AvgIpc) is 2.86. The Morgan fingerprint density at radius 1 is 1.26 bits per heavy atom. The van der Waals surface area contributed by atoms with E-state index in [9.17, 15) is 0 Å². The first-order valence-corrected chi connectivity index (χ1v) is 7.16. The summed E-state index contributed by atoms with van der Waals surface area (Å²) in [5.41, 5.74) is 1.31. The zero-order valence-electron chi connectivity index (χ0n) is 11.5. The Balaban J connectivity index is 1.68. The maximum atomic E-state index is 5.45. The van der Waals surface area contributed by atoms with Gasteiger partial charge in [0.05, 0.1) is 0 Å². The molecule has 1 atom stereocenters. The van der Waals surface area contributed by atoms with Crippen molar-refractivity contribution in [3.05, 3.63) is 23.8 Å². The topological polar surface area (TPSA) is 33.7 Å². The van der Waals surface area contributed by atoms with Crippen LogP contribution in [0.1, 0.15) is 25.3 Å². The quantitative estimate of drug-likeness (QED) is 0.884. The van der Waals surface area contributed by atoms with Gasteiger partial charge < -0.3 is 14.8 Å². The lowest BCUT2D eigenvalue weighted by atomic mass is 10.1. The van der Waals surface area contributed by atoms with Crippen molar-refractivity contribution in [3.63, 3.8) is 0 Å². The molecule has 2 aliphatic heterocycles. The first kappa shape index (κ1) is 12.8. The van der Waals surface area contributed by atoms with Gasteiger partial charge in [-0.15, -0.1) is 0 Å². The van der Waals surface area contributed by atoms with E-state index in [1.807, 2.05) is 6.07 Å². The van der Waals surface area contributed by atoms with E-state index in [-0.39, 0.29) is 0 Å². The number of nitrogens with zero attached hydrogens (tertiary/aromatic N) is 1. The van der Waals surface area contributed by atoms with Crippen LogP contribution in [-0.2, 0) is 6.54 Å². The molecule has 2 heterocycles. The van der Waals surface area contributed by atoms with E-state index < -0.39 is 0 Å². The molecule has 0 radical (unpaired) electrons. The highest BCUT2D eigenvalue weighted by atomic mass is 16.7. The fourth-order valence-corrected chi connectivity index (χ4v) is 2.75. The van der Waals surface area contributed by atoms with Gasteiger partial charge in [-0.3, -0.25) is 4.90 Å². The molecular weight excluding hydrogens is 240 g/mol. The third-order valence-electron chi connectivity index (χ3n) is 3.98. The van der Waals surface area contributed by atoms with Crippen LogP contribution in [0, 0.1) is 0 Å². The Morgan fingerprint density at radius 2 is 2.16 bits per heavy atom. The summed E-state index contributed by atoms with van der Waals surface area (Å²) in [6, 6.07) is 6.91. The van der Waals surface area contributed by atoms with E-state index >= 15 is 0 Å². The minimum atomic E-state index is 0.352. The van der Waals surface area contributed by atoms with Gasteiger partial charge in [-0.1, -0.05) is 6.07 Å². The number of hydrogen-bond donors (Lipinski definition) is 1.